The highest BCUT2D eigenvalue weighted by Crippen LogP contribution is 2.35. The summed E-state index contributed by atoms with van der Waals surface area (Å²) in [5.74, 6) is 0.201. The van der Waals surface area contributed by atoms with Gasteiger partial charge in [0.2, 0.25) is 10.0 Å². The number of sulfonamides is 1. The van der Waals surface area contributed by atoms with E-state index in [4.69, 9.17) is 9.47 Å². The molecular formula is C21H27FN2O4S. The Kier molecular flexibility index (Phi) is 6.89. The molecule has 0 fully saturated rings. The van der Waals surface area contributed by atoms with Gasteiger partial charge in [-0.2, -0.15) is 4.31 Å². The average Bonchev–Trinajstić information content (AvgIpc) is 2.85. The molecule has 0 aromatic heterocycles. The molecule has 0 radical (unpaired) electrons. The minimum Gasteiger partial charge on any atom is -0.492 e. The van der Waals surface area contributed by atoms with Gasteiger partial charge >= 0.3 is 0 Å². The van der Waals surface area contributed by atoms with Crippen molar-refractivity contribution in [2.45, 2.75) is 24.5 Å². The molecule has 2 aromatic rings. The van der Waals surface area contributed by atoms with Crippen LogP contribution in [-0.4, -0.2) is 58.0 Å². The number of halogens is 1. The molecule has 3 rings (SSSR count). The molecule has 1 aliphatic rings. The van der Waals surface area contributed by atoms with Crippen LogP contribution in [0, 0.1) is 5.82 Å². The van der Waals surface area contributed by atoms with E-state index < -0.39 is 21.9 Å². The number of fused-ring (bicyclic) bond motifs is 1. The fourth-order valence-electron chi connectivity index (χ4n) is 3.25. The molecule has 8 heteroatoms. The van der Waals surface area contributed by atoms with Crippen molar-refractivity contribution in [2.24, 2.45) is 0 Å². The molecule has 0 aliphatic carbocycles. The molecule has 0 amide bonds. The summed E-state index contributed by atoms with van der Waals surface area (Å²) in [5.41, 5.74) is 1.75. The lowest BCUT2D eigenvalue weighted by Crippen LogP contribution is -2.35. The van der Waals surface area contributed by atoms with Crippen molar-refractivity contribution in [1.82, 2.24) is 9.21 Å². The van der Waals surface area contributed by atoms with Gasteiger partial charge in [0, 0.05) is 18.7 Å². The van der Waals surface area contributed by atoms with Crippen LogP contribution in [0.15, 0.2) is 47.4 Å². The minimum absolute atomic E-state index is 0.0670. The molecule has 0 unspecified atom stereocenters. The molecule has 0 spiro atoms. The summed E-state index contributed by atoms with van der Waals surface area (Å²) >= 11 is 0. The van der Waals surface area contributed by atoms with Crippen LogP contribution in [0.5, 0.6) is 5.75 Å². The second kappa shape index (κ2) is 9.21. The third-order valence-corrected chi connectivity index (χ3v) is 6.88. The van der Waals surface area contributed by atoms with Crippen LogP contribution in [-0.2, 0) is 21.4 Å². The van der Waals surface area contributed by atoms with Gasteiger partial charge in [-0.15, -0.1) is 0 Å². The molecule has 6 nitrogen and oxygen atoms in total. The smallest absolute Gasteiger partial charge is 0.243 e. The van der Waals surface area contributed by atoms with Gasteiger partial charge in [0.15, 0.2) is 0 Å². The second-order valence-corrected chi connectivity index (χ2v) is 9.21. The van der Waals surface area contributed by atoms with Crippen LogP contribution in [0.1, 0.15) is 24.1 Å². The highest BCUT2D eigenvalue weighted by Gasteiger charge is 2.33. The maximum atomic E-state index is 13.2. The van der Waals surface area contributed by atoms with E-state index in [1.165, 1.54) is 16.4 Å². The first-order valence-electron chi connectivity index (χ1n) is 9.54. The topological polar surface area (TPSA) is 59.1 Å². The highest BCUT2D eigenvalue weighted by atomic mass is 32.2. The van der Waals surface area contributed by atoms with Crippen molar-refractivity contribution in [3.05, 3.63) is 59.4 Å². The van der Waals surface area contributed by atoms with E-state index in [1.807, 2.05) is 44.1 Å². The first-order chi connectivity index (χ1) is 13.8. The Balaban J connectivity index is 1.83. The molecular weight excluding hydrogens is 395 g/mol. The van der Waals surface area contributed by atoms with E-state index in [0.717, 1.165) is 29.8 Å². The molecule has 0 saturated heterocycles. The number of rotatable bonds is 7. The molecule has 1 atom stereocenters. The van der Waals surface area contributed by atoms with E-state index in [9.17, 15) is 12.8 Å². The van der Waals surface area contributed by atoms with Crippen LogP contribution >= 0.6 is 0 Å². The van der Waals surface area contributed by atoms with Crippen molar-refractivity contribution < 1.29 is 22.3 Å². The molecule has 2 aromatic carbocycles. The van der Waals surface area contributed by atoms with Gasteiger partial charge < -0.3 is 14.4 Å². The molecule has 0 bridgehead atoms. The van der Waals surface area contributed by atoms with Gasteiger partial charge in [-0.05, 0) is 63.0 Å². The van der Waals surface area contributed by atoms with Crippen LogP contribution in [0.4, 0.5) is 4.39 Å². The Bertz CT molecular complexity index is 932. The van der Waals surface area contributed by atoms with Gasteiger partial charge in [-0.3, -0.25) is 0 Å². The zero-order valence-electron chi connectivity index (χ0n) is 17.0. The lowest BCUT2D eigenvalue weighted by atomic mass is 10.0. The number of hydrogen-bond acceptors (Lipinski definition) is 5. The van der Waals surface area contributed by atoms with Crippen LogP contribution in [0.25, 0.3) is 0 Å². The van der Waals surface area contributed by atoms with E-state index in [-0.39, 0.29) is 18.0 Å². The third kappa shape index (κ3) is 5.14. The summed E-state index contributed by atoms with van der Waals surface area (Å²) in [6.07, 6.45) is 0. The van der Waals surface area contributed by atoms with E-state index >= 15 is 0 Å². The monoisotopic (exact) mass is 422 g/mol. The van der Waals surface area contributed by atoms with Crippen molar-refractivity contribution in [3.63, 3.8) is 0 Å². The molecule has 158 valence electrons. The van der Waals surface area contributed by atoms with Gasteiger partial charge in [-0.25, -0.2) is 12.8 Å². The van der Waals surface area contributed by atoms with E-state index in [0.29, 0.717) is 19.0 Å². The van der Waals surface area contributed by atoms with Crippen molar-refractivity contribution in [2.75, 3.05) is 40.4 Å². The Hall–Kier alpha value is -2.00. The summed E-state index contributed by atoms with van der Waals surface area (Å²) in [4.78, 5) is 2.11. The quantitative estimate of drug-likeness (QED) is 0.642. The predicted octanol–water partition coefficient (Wildman–Crippen LogP) is 3.05. The maximum Gasteiger partial charge on any atom is 0.243 e. The zero-order chi connectivity index (χ0) is 21.0. The Morgan fingerprint density at radius 2 is 1.93 bits per heavy atom. The number of ether oxygens (including phenoxy) is 2. The SMILES string of the molecule is C[C@@H]1c2cc(COCCN(C)C)ccc2OCCN1S(=O)(=O)c1ccc(F)cc1. The summed E-state index contributed by atoms with van der Waals surface area (Å²) in [6, 6.07) is 10.2. The second-order valence-electron chi connectivity index (χ2n) is 7.32. The van der Waals surface area contributed by atoms with Gasteiger partial charge in [0.25, 0.3) is 0 Å². The van der Waals surface area contributed by atoms with Crippen LogP contribution < -0.4 is 4.74 Å². The Morgan fingerprint density at radius 3 is 2.62 bits per heavy atom. The van der Waals surface area contributed by atoms with Gasteiger partial charge in [0.1, 0.15) is 18.2 Å². The van der Waals surface area contributed by atoms with Gasteiger partial charge in [0.05, 0.1) is 24.2 Å². The number of nitrogens with zero attached hydrogens (tertiary/aromatic N) is 2. The lowest BCUT2D eigenvalue weighted by molar-refractivity contribution is 0.105. The van der Waals surface area contributed by atoms with Crippen LogP contribution in [0.3, 0.4) is 0 Å². The maximum absolute atomic E-state index is 13.2. The fourth-order valence-corrected chi connectivity index (χ4v) is 4.84. The largest absolute Gasteiger partial charge is 0.492 e. The molecule has 29 heavy (non-hydrogen) atoms. The Labute approximate surface area is 171 Å². The summed E-state index contributed by atoms with van der Waals surface area (Å²) in [6.45, 7) is 4.18. The number of benzene rings is 2. The summed E-state index contributed by atoms with van der Waals surface area (Å²) < 4.78 is 52.4. The zero-order valence-corrected chi connectivity index (χ0v) is 17.8. The molecule has 1 aliphatic heterocycles. The van der Waals surface area contributed by atoms with Crippen molar-refractivity contribution >= 4 is 10.0 Å². The standard InChI is InChI=1S/C21H27FN2O4S/c1-16-20-14-17(15-27-12-10-23(2)3)4-9-21(20)28-13-11-24(16)29(25,26)19-7-5-18(22)6-8-19/h4-9,14,16H,10-13,15H2,1-3H3/t16-/m1/s1. The van der Waals surface area contributed by atoms with Crippen LogP contribution in [0.2, 0.25) is 0 Å². The first-order valence-corrected chi connectivity index (χ1v) is 11.0. The summed E-state index contributed by atoms with van der Waals surface area (Å²) in [7, 11) is 0.187. The average molecular weight is 423 g/mol. The minimum atomic E-state index is -3.79. The molecule has 0 saturated carbocycles. The van der Waals surface area contributed by atoms with Crippen molar-refractivity contribution in [1.29, 1.82) is 0 Å². The normalized spacial score (nSPS) is 17.6. The highest BCUT2D eigenvalue weighted by molar-refractivity contribution is 7.89. The van der Waals surface area contributed by atoms with Gasteiger partial charge in [-0.1, -0.05) is 6.07 Å². The number of likely N-dealkylation sites (N-methyl/N-ethyl adjacent to an activating group) is 1. The van der Waals surface area contributed by atoms with E-state index in [2.05, 4.69) is 0 Å². The Morgan fingerprint density at radius 1 is 1.21 bits per heavy atom. The molecule has 0 N–H and O–H groups in total. The first kappa shape index (κ1) is 21.7. The summed E-state index contributed by atoms with van der Waals surface area (Å²) in [5, 5.41) is 0. The van der Waals surface area contributed by atoms with E-state index in [1.54, 1.807) is 0 Å². The van der Waals surface area contributed by atoms with Crippen molar-refractivity contribution in [3.8, 4) is 5.75 Å². The fraction of sp³-hybridized carbons (Fsp3) is 0.429. The lowest BCUT2D eigenvalue weighted by Gasteiger charge is -2.26. The predicted molar refractivity (Wildman–Crippen MR) is 109 cm³/mol. The third-order valence-electron chi connectivity index (χ3n) is 4.90. The molecule has 1 heterocycles. The number of hydrogen-bond donors (Lipinski definition) is 0.